The van der Waals surface area contributed by atoms with E-state index in [9.17, 15) is 0 Å². The summed E-state index contributed by atoms with van der Waals surface area (Å²) in [6, 6.07) is 10.3. The molecule has 0 spiro atoms. The molecule has 0 radical (unpaired) electrons. The molecule has 0 aromatic heterocycles. The molecule has 0 saturated carbocycles. The fourth-order valence-electron chi connectivity index (χ4n) is 2.68. The van der Waals surface area contributed by atoms with E-state index in [0.29, 0.717) is 6.61 Å². The predicted molar refractivity (Wildman–Crippen MR) is 75.2 cm³/mol. The molecule has 2 rings (SSSR count). The number of ether oxygens (including phenoxy) is 1. The first-order valence-corrected chi connectivity index (χ1v) is 6.54. The van der Waals surface area contributed by atoms with Gasteiger partial charge in [0.15, 0.2) is 0 Å². The second kappa shape index (κ2) is 4.77. The highest BCUT2D eigenvalue weighted by molar-refractivity contribution is 5.18. The minimum absolute atomic E-state index is 0.00618. The summed E-state index contributed by atoms with van der Waals surface area (Å²) in [5, 5.41) is 3.60. The van der Waals surface area contributed by atoms with Crippen molar-refractivity contribution in [2.45, 2.75) is 51.8 Å². The molecule has 0 atom stereocenters. The van der Waals surface area contributed by atoms with E-state index in [1.165, 1.54) is 5.56 Å². The lowest BCUT2D eigenvalue weighted by atomic mass is 9.87. The van der Waals surface area contributed by atoms with Crippen LogP contribution in [0.15, 0.2) is 42.2 Å². The fraction of sp³-hybridized carbons (Fsp3) is 0.500. The summed E-state index contributed by atoms with van der Waals surface area (Å²) in [6.45, 7) is 9.44. The van der Waals surface area contributed by atoms with Gasteiger partial charge in [0.1, 0.15) is 6.61 Å². The summed E-state index contributed by atoms with van der Waals surface area (Å²) in [5.41, 5.74) is 1.30. The van der Waals surface area contributed by atoms with Crippen LogP contribution in [0.5, 0.6) is 0 Å². The third-order valence-corrected chi connectivity index (χ3v) is 3.07. The maximum absolute atomic E-state index is 5.96. The average molecular weight is 245 g/mol. The summed E-state index contributed by atoms with van der Waals surface area (Å²) >= 11 is 0. The average Bonchev–Trinajstić information content (AvgIpc) is 2.24. The van der Waals surface area contributed by atoms with Crippen LogP contribution in [0.3, 0.4) is 0 Å². The van der Waals surface area contributed by atoms with Crippen molar-refractivity contribution in [3.63, 3.8) is 0 Å². The van der Waals surface area contributed by atoms with E-state index in [2.05, 4.69) is 51.2 Å². The number of benzene rings is 1. The summed E-state index contributed by atoms with van der Waals surface area (Å²) in [4.78, 5) is 0. The number of rotatable bonds is 3. The van der Waals surface area contributed by atoms with Crippen LogP contribution in [0.2, 0.25) is 0 Å². The molecule has 0 aliphatic carbocycles. The minimum Gasteiger partial charge on any atom is -0.493 e. The zero-order valence-corrected chi connectivity index (χ0v) is 11.8. The van der Waals surface area contributed by atoms with Crippen molar-refractivity contribution >= 4 is 0 Å². The molecule has 1 heterocycles. The SMILES string of the molecule is CC1(C)C=C(OCc2ccccc2)CC(C)(C)N1. The molecule has 0 unspecified atom stereocenters. The number of nitrogens with one attached hydrogen (secondary N) is 1. The topological polar surface area (TPSA) is 21.3 Å². The molecule has 0 saturated heterocycles. The zero-order chi connectivity index (χ0) is 13.2. The van der Waals surface area contributed by atoms with Crippen LogP contribution in [-0.4, -0.2) is 11.1 Å². The van der Waals surface area contributed by atoms with Gasteiger partial charge in [0.2, 0.25) is 0 Å². The monoisotopic (exact) mass is 245 g/mol. The first kappa shape index (κ1) is 13.2. The van der Waals surface area contributed by atoms with E-state index in [1.807, 2.05) is 18.2 Å². The maximum atomic E-state index is 5.96. The van der Waals surface area contributed by atoms with Gasteiger partial charge in [-0.05, 0) is 39.3 Å². The second-order valence-corrected chi connectivity index (χ2v) is 6.29. The summed E-state index contributed by atoms with van der Waals surface area (Å²) in [5.74, 6) is 1.09. The lowest BCUT2D eigenvalue weighted by molar-refractivity contribution is 0.144. The third-order valence-electron chi connectivity index (χ3n) is 3.07. The van der Waals surface area contributed by atoms with Gasteiger partial charge in [-0.1, -0.05) is 30.3 Å². The van der Waals surface area contributed by atoms with Crippen molar-refractivity contribution in [1.82, 2.24) is 5.32 Å². The molecule has 18 heavy (non-hydrogen) atoms. The summed E-state index contributed by atoms with van der Waals surface area (Å²) < 4.78 is 5.96. The molecule has 1 aliphatic heterocycles. The Morgan fingerprint density at radius 2 is 1.78 bits per heavy atom. The smallest absolute Gasteiger partial charge is 0.113 e. The van der Waals surface area contributed by atoms with E-state index in [1.54, 1.807) is 0 Å². The molecular formula is C16H23NO. The molecule has 1 aromatic rings. The number of hydrogen-bond acceptors (Lipinski definition) is 2. The van der Waals surface area contributed by atoms with Gasteiger partial charge >= 0.3 is 0 Å². The molecule has 0 fully saturated rings. The Morgan fingerprint density at radius 3 is 2.39 bits per heavy atom. The maximum Gasteiger partial charge on any atom is 0.113 e. The van der Waals surface area contributed by atoms with Crippen LogP contribution in [0.1, 0.15) is 39.7 Å². The van der Waals surface area contributed by atoms with Crippen molar-refractivity contribution in [1.29, 1.82) is 0 Å². The molecular weight excluding hydrogens is 222 g/mol. The lowest BCUT2D eigenvalue weighted by Gasteiger charge is -2.40. The van der Waals surface area contributed by atoms with Crippen LogP contribution in [0.25, 0.3) is 0 Å². The summed E-state index contributed by atoms with van der Waals surface area (Å²) in [7, 11) is 0. The van der Waals surface area contributed by atoms with E-state index < -0.39 is 0 Å². The van der Waals surface area contributed by atoms with Crippen molar-refractivity contribution < 1.29 is 4.74 Å². The minimum atomic E-state index is -0.00618. The summed E-state index contributed by atoms with van der Waals surface area (Å²) in [6.07, 6.45) is 3.13. The van der Waals surface area contributed by atoms with Gasteiger partial charge < -0.3 is 10.1 Å². The van der Waals surface area contributed by atoms with Gasteiger partial charge in [0, 0.05) is 17.5 Å². The fourth-order valence-corrected chi connectivity index (χ4v) is 2.68. The van der Waals surface area contributed by atoms with Gasteiger partial charge in [-0.3, -0.25) is 0 Å². The van der Waals surface area contributed by atoms with Crippen LogP contribution in [0, 0.1) is 0 Å². The Bertz CT molecular complexity index is 432. The van der Waals surface area contributed by atoms with Crippen LogP contribution >= 0.6 is 0 Å². The molecule has 0 bridgehead atoms. The van der Waals surface area contributed by atoms with Gasteiger partial charge in [0.25, 0.3) is 0 Å². The normalized spacial score (nSPS) is 21.2. The molecule has 2 heteroatoms. The highest BCUT2D eigenvalue weighted by Crippen LogP contribution is 2.28. The van der Waals surface area contributed by atoms with E-state index in [-0.39, 0.29) is 11.1 Å². The molecule has 1 aromatic carbocycles. The van der Waals surface area contributed by atoms with Crippen LogP contribution < -0.4 is 5.32 Å². The van der Waals surface area contributed by atoms with Crippen molar-refractivity contribution in [3.05, 3.63) is 47.7 Å². The molecule has 1 N–H and O–H groups in total. The van der Waals surface area contributed by atoms with E-state index in [0.717, 1.165) is 12.2 Å². The Morgan fingerprint density at radius 1 is 1.11 bits per heavy atom. The Kier molecular flexibility index (Phi) is 3.49. The Labute approximate surface area is 110 Å². The van der Waals surface area contributed by atoms with Crippen LogP contribution in [0.4, 0.5) is 0 Å². The van der Waals surface area contributed by atoms with Gasteiger partial charge in [-0.25, -0.2) is 0 Å². The Balaban J connectivity index is 2.03. The molecule has 1 aliphatic rings. The first-order valence-electron chi connectivity index (χ1n) is 6.54. The van der Waals surface area contributed by atoms with E-state index in [4.69, 9.17) is 4.74 Å². The number of hydrogen-bond donors (Lipinski definition) is 1. The van der Waals surface area contributed by atoms with Crippen molar-refractivity contribution in [2.75, 3.05) is 0 Å². The zero-order valence-electron chi connectivity index (χ0n) is 11.8. The molecule has 0 amide bonds. The first-order chi connectivity index (χ1) is 8.36. The largest absolute Gasteiger partial charge is 0.493 e. The van der Waals surface area contributed by atoms with Crippen molar-refractivity contribution in [2.24, 2.45) is 0 Å². The highest BCUT2D eigenvalue weighted by Gasteiger charge is 2.32. The van der Waals surface area contributed by atoms with Gasteiger partial charge in [-0.2, -0.15) is 0 Å². The van der Waals surface area contributed by atoms with Crippen LogP contribution in [-0.2, 0) is 11.3 Å². The lowest BCUT2D eigenvalue weighted by Crippen LogP contribution is -2.54. The van der Waals surface area contributed by atoms with Crippen molar-refractivity contribution in [3.8, 4) is 0 Å². The third kappa shape index (κ3) is 3.61. The predicted octanol–water partition coefficient (Wildman–Crippen LogP) is 3.64. The molecule has 2 nitrogen and oxygen atoms in total. The highest BCUT2D eigenvalue weighted by atomic mass is 16.5. The quantitative estimate of drug-likeness (QED) is 0.878. The Hall–Kier alpha value is -1.28. The van der Waals surface area contributed by atoms with Gasteiger partial charge in [-0.15, -0.1) is 0 Å². The standard InChI is InChI=1S/C16H23NO/c1-15(2)10-14(11-16(3,4)17-15)18-12-13-8-6-5-7-9-13/h5-10,17H,11-12H2,1-4H3. The van der Waals surface area contributed by atoms with Gasteiger partial charge in [0.05, 0.1) is 5.76 Å². The second-order valence-electron chi connectivity index (χ2n) is 6.29. The van der Waals surface area contributed by atoms with E-state index >= 15 is 0 Å². The molecule has 98 valence electrons.